The second-order valence-electron chi connectivity index (χ2n) is 8.95. The predicted octanol–water partition coefficient (Wildman–Crippen LogP) is 4.07. The maximum absolute atomic E-state index is 11.8. The van der Waals surface area contributed by atoms with E-state index in [1.807, 2.05) is 12.2 Å². The number of ether oxygens (including phenoxy) is 2. The van der Waals surface area contributed by atoms with Gasteiger partial charge in [0.2, 0.25) is 5.91 Å². The Labute approximate surface area is 166 Å². The lowest BCUT2D eigenvalue weighted by atomic mass is 9.97. The van der Waals surface area contributed by atoms with Gasteiger partial charge in [0.15, 0.2) is 8.32 Å². The Morgan fingerprint density at radius 1 is 1.30 bits per heavy atom. The number of amides is 1. The SMILES string of the molecule is CO[C@H]1/C=C/CNC(=O)CCOC/C(C)=C\[C@@H](C)[C@@H]1O[Si](C)(C)C(C)(C)C. The van der Waals surface area contributed by atoms with Gasteiger partial charge in [-0.3, -0.25) is 4.79 Å². The van der Waals surface area contributed by atoms with Crippen LogP contribution in [0.5, 0.6) is 0 Å². The summed E-state index contributed by atoms with van der Waals surface area (Å²) in [4.78, 5) is 11.8. The second kappa shape index (κ2) is 10.6. The average Bonchev–Trinajstić information content (AvgIpc) is 2.55. The molecular weight excluding hydrogens is 358 g/mol. The molecule has 0 aromatic heterocycles. The highest BCUT2D eigenvalue weighted by molar-refractivity contribution is 6.74. The summed E-state index contributed by atoms with van der Waals surface area (Å²) in [5, 5.41) is 3.00. The van der Waals surface area contributed by atoms with Crippen LogP contribution >= 0.6 is 0 Å². The Balaban J connectivity index is 3.15. The predicted molar refractivity (Wildman–Crippen MR) is 113 cm³/mol. The molecule has 0 spiro atoms. The molecule has 0 aromatic rings. The van der Waals surface area contributed by atoms with E-state index in [0.29, 0.717) is 26.2 Å². The van der Waals surface area contributed by atoms with Gasteiger partial charge in [-0.05, 0) is 25.1 Å². The molecule has 1 aliphatic heterocycles. The fourth-order valence-corrected chi connectivity index (χ4v) is 4.15. The molecule has 27 heavy (non-hydrogen) atoms. The van der Waals surface area contributed by atoms with Gasteiger partial charge >= 0.3 is 0 Å². The highest BCUT2D eigenvalue weighted by Crippen LogP contribution is 2.39. The molecule has 1 rings (SSSR count). The number of nitrogens with one attached hydrogen (secondary N) is 1. The lowest BCUT2D eigenvalue weighted by Gasteiger charge is -2.42. The molecule has 3 atom stereocenters. The van der Waals surface area contributed by atoms with Gasteiger partial charge in [-0.25, -0.2) is 0 Å². The summed E-state index contributed by atoms with van der Waals surface area (Å²) in [5.41, 5.74) is 1.14. The topological polar surface area (TPSA) is 56.8 Å². The zero-order chi connectivity index (χ0) is 20.7. The minimum atomic E-state index is -1.98. The van der Waals surface area contributed by atoms with Gasteiger partial charge in [-0.15, -0.1) is 0 Å². The van der Waals surface area contributed by atoms with Crippen LogP contribution in [0, 0.1) is 5.92 Å². The summed E-state index contributed by atoms with van der Waals surface area (Å²) in [7, 11) is -0.264. The molecule has 156 valence electrons. The van der Waals surface area contributed by atoms with Crippen LogP contribution in [0.15, 0.2) is 23.8 Å². The van der Waals surface area contributed by atoms with Crippen LogP contribution in [-0.4, -0.2) is 53.3 Å². The number of carbonyl (C=O) groups is 1. The van der Waals surface area contributed by atoms with E-state index in [9.17, 15) is 4.79 Å². The highest BCUT2D eigenvalue weighted by Gasteiger charge is 2.41. The first-order valence-corrected chi connectivity index (χ1v) is 12.8. The summed E-state index contributed by atoms with van der Waals surface area (Å²) in [5.74, 6) is 0.171. The Hall–Kier alpha value is -0.953. The smallest absolute Gasteiger partial charge is 0.222 e. The van der Waals surface area contributed by atoms with Crippen molar-refractivity contribution in [2.24, 2.45) is 5.92 Å². The van der Waals surface area contributed by atoms with Gasteiger partial charge in [0.05, 0.1) is 19.3 Å². The molecule has 0 saturated carbocycles. The van der Waals surface area contributed by atoms with Crippen molar-refractivity contribution in [2.75, 3.05) is 26.9 Å². The van der Waals surface area contributed by atoms with E-state index in [-0.39, 0.29) is 29.1 Å². The van der Waals surface area contributed by atoms with E-state index < -0.39 is 8.32 Å². The zero-order valence-corrected chi connectivity index (χ0v) is 19.4. The average molecular weight is 398 g/mol. The minimum absolute atomic E-state index is 0.00486. The lowest BCUT2D eigenvalue weighted by molar-refractivity contribution is -0.121. The van der Waals surface area contributed by atoms with Crippen molar-refractivity contribution in [1.82, 2.24) is 5.32 Å². The molecular formula is C21H39NO4Si. The molecule has 6 heteroatoms. The fraction of sp³-hybridized carbons (Fsp3) is 0.762. The van der Waals surface area contributed by atoms with Crippen LogP contribution in [0.25, 0.3) is 0 Å². The molecule has 1 N–H and O–H groups in total. The van der Waals surface area contributed by atoms with Crippen LogP contribution in [0.1, 0.15) is 41.0 Å². The first kappa shape index (κ1) is 24.1. The van der Waals surface area contributed by atoms with Crippen LogP contribution < -0.4 is 5.32 Å². The molecule has 0 bridgehead atoms. The van der Waals surface area contributed by atoms with Crippen molar-refractivity contribution in [1.29, 1.82) is 0 Å². The summed E-state index contributed by atoms with van der Waals surface area (Å²) in [6, 6.07) is 0. The number of hydrogen-bond acceptors (Lipinski definition) is 4. The zero-order valence-electron chi connectivity index (χ0n) is 18.4. The Morgan fingerprint density at radius 2 is 1.96 bits per heavy atom. The van der Waals surface area contributed by atoms with Crippen molar-refractivity contribution in [2.45, 2.75) is 71.4 Å². The molecule has 5 nitrogen and oxygen atoms in total. The monoisotopic (exact) mass is 397 g/mol. The third-order valence-electron chi connectivity index (χ3n) is 5.44. The molecule has 1 heterocycles. The molecule has 0 aliphatic carbocycles. The van der Waals surface area contributed by atoms with E-state index in [4.69, 9.17) is 13.9 Å². The van der Waals surface area contributed by atoms with Crippen molar-refractivity contribution in [3.05, 3.63) is 23.8 Å². The fourth-order valence-electron chi connectivity index (χ4n) is 2.77. The second-order valence-corrected chi connectivity index (χ2v) is 13.7. The standard InChI is InChI=1S/C21H39NO4Si/c1-16-14-17(2)20(26-27(7,8)21(3,4)5)18(24-6)10-9-12-22-19(23)11-13-25-15-16/h9-10,14,17-18,20H,11-13,15H2,1-8H3,(H,22,23)/b10-9+,16-14-/t17-,18+,20+/m1/s1. The van der Waals surface area contributed by atoms with E-state index in [0.717, 1.165) is 5.57 Å². The summed E-state index contributed by atoms with van der Waals surface area (Å²) >= 11 is 0. The Morgan fingerprint density at radius 3 is 2.56 bits per heavy atom. The molecule has 0 radical (unpaired) electrons. The minimum Gasteiger partial charge on any atom is -0.410 e. The number of hydrogen-bond donors (Lipinski definition) is 1. The van der Waals surface area contributed by atoms with E-state index in [1.54, 1.807) is 7.11 Å². The normalized spacial score (nSPS) is 30.0. The van der Waals surface area contributed by atoms with E-state index in [1.165, 1.54) is 0 Å². The molecule has 1 aliphatic rings. The molecule has 1 amide bonds. The van der Waals surface area contributed by atoms with Crippen molar-refractivity contribution < 1.29 is 18.7 Å². The van der Waals surface area contributed by atoms with Crippen LogP contribution in [0.3, 0.4) is 0 Å². The lowest BCUT2D eigenvalue weighted by Crippen LogP contribution is -2.49. The van der Waals surface area contributed by atoms with Gasteiger partial charge in [0.1, 0.15) is 6.10 Å². The summed E-state index contributed by atoms with van der Waals surface area (Å²) < 4.78 is 18.2. The highest BCUT2D eigenvalue weighted by atomic mass is 28.4. The number of carbonyl (C=O) groups excluding carboxylic acids is 1. The maximum atomic E-state index is 11.8. The largest absolute Gasteiger partial charge is 0.410 e. The van der Waals surface area contributed by atoms with Gasteiger partial charge in [-0.1, -0.05) is 51.5 Å². The van der Waals surface area contributed by atoms with Crippen molar-refractivity contribution >= 4 is 14.2 Å². The van der Waals surface area contributed by atoms with Gasteiger partial charge < -0.3 is 19.2 Å². The first-order chi connectivity index (χ1) is 12.5. The van der Waals surface area contributed by atoms with E-state index in [2.05, 4.69) is 59.1 Å². The van der Waals surface area contributed by atoms with Gasteiger partial charge in [0, 0.05) is 26.0 Å². The molecule has 0 fully saturated rings. The molecule has 0 aromatic carbocycles. The number of methoxy groups -OCH3 is 1. The molecule has 0 unspecified atom stereocenters. The molecule has 0 saturated heterocycles. The quantitative estimate of drug-likeness (QED) is 0.576. The van der Waals surface area contributed by atoms with Crippen molar-refractivity contribution in [3.63, 3.8) is 0 Å². The van der Waals surface area contributed by atoms with Gasteiger partial charge in [-0.2, -0.15) is 0 Å². The Bertz CT molecular complexity index is 537. The van der Waals surface area contributed by atoms with Crippen molar-refractivity contribution in [3.8, 4) is 0 Å². The Kier molecular flexibility index (Phi) is 9.41. The van der Waals surface area contributed by atoms with Crippen LogP contribution in [0.4, 0.5) is 0 Å². The third-order valence-corrected chi connectivity index (χ3v) is 9.92. The van der Waals surface area contributed by atoms with Crippen LogP contribution in [-0.2, 0) is 18.7 Å². The first-order valence-electron chi connectivity index (χ1n) is 9.87. The number of rotatable bonds is 3. The summed E-state index contributed by atoms with van der Waals surface area (Å²) in [6.45, 7) is 16.9. The summed E-state index contributed by atoms with van der Waals surface area (Å²) in [6.07, 6.45) is 6.27. The van der Waals surface area contributed by atoms with Gasteiger partial charge in [0.25, 0.3) is 0 Å². The van der Waals surface area contributed by atoms with E-state index >= 15 is 0 Å². The maximum Gasteiger partial charge on any atom is 0.222 e. The third kappa shape index (κ3) is 7.90. The van der Waals surface area contributed by atoms with Crippen LogP contribution in [0.2, 0.25) is 18.1 Å².